The van der Waals surface area contributed by atoms with Gasteiger partial charge in [-0.3, -0.25) is 10.1 Å². The lowest BCUT2D eigenvalue weighted by molar-refractivity contribution is -0.385. The molecule has 0 aliphatic rings. The molecule has 9 heteroatoms. The molecule has 0 amide bonds. The van der Waals surface area contributed by atoms with Gasteiger partial charge in [0.15, 0.2) is 5.17 Å². The van der Waals surface area contributed by atoms with E-state index in [9.17, 15) is 23.3 Å². The molecule has 0 radical (unpaired) electrons. The Hall–Kier alpha value is -1.83. The van der Waals surface area contributed by atoms with Crippen LogP contribution in [0.1, 0.15) is 11.1 Å². The molecule has 0 fully saturated rings. The third kappa shape index (κ3) is 2.84. The summed E-state index contributed by atoms with van der Waals surface area (Å²) in [4.78, 5) is 9.52. The summed E-state index contributed by atoms with van der Waals surface area (Å²) in [6.45, 7) is 0. The minimum atomic E-state index is -4.70. The minimum Gasteiger partial charge on any atom is -0.410 e. The predicted molar refractivity (Wildman–Crippen MR) is 52.3 cm³/mol. The zero-order chi connectivity index (χ0) is 13.2. The van der Waals surface area contributed by atoms with Gasteiger partial charge in [0, 0.05) is 6.07 Å². The van der Waals surface area contributed by atoms with Crippen LogP contribution in [-0.2, 0) is 6.18 Å². The third-order valence-corrected chi connectivity index (χ3v) is 2.11. The molecule has 1 N–H and O–H groups in total. The summed E-state index contributed by atoms with van der Waals surface area (Å²) in [5.41, 5.74) is -2.47. The quantitative estimate of drug-likeness (QED) is 0.388. The van der Waals surface area contributed by atoms with E-state index in [0.717, 1.165) is 6.07 Å². The van der Waals surface area contributed by atoms with Gasteiger partial charge in [-0.05, 0) is 12.1 Å². The second-order valence-corrected chi connectivity index (χ2v) is 3.24. The summed E-state index contributed by atoms with van der Waals surface area (Å²) in [5.74, 6) is 0. The lowest BCUT2D eigenvalue weighted by atomic mass is 10.1. The van der Waals surface area contributed by atoms with Gasteiger partial charge in [-0.1, -0.05) is 16.8 Å². The molecule has 1 rings (SSSR count). The number of hydrogen-bond acceptors (Lipinski definition) is 4. The van der Waals surface area contributed by atoms with Crippen molar-refractivity contribution in [3.05, 3.63) is 39.4 Å². The van der Waals surface area contributed by atoms with Crippen LogP contribution in [0.25, 0.3) is 0 Å². The monoisotopic (exact) mass is 268 g/mol. The van der Waals surface area contributed by atoms with E-state index in [1.54, 1.807) is 0 Å². The zero-order valence-electron chi connectivity index (χ0n) is 7.90. The van der Waals surface area contributed by atoms with Crippen molar-refractivity contribution in [2.75, 3.05) is 0 Å². The van der Waals surface area contributed by atoms with Gasteiger partial charge in [0.05, 0.1) is 16.1 Å². The molecule has 5 nitrogen and oxygen atoms in total. The molecular weight excluding hydrogens is 265 g/mol. The van der Waals surface area contributed by atoms with Crippen LogP contribution in [0, 0.1) is 10.1 Å². The Morgan fingerprint density at radius 1 is 1.47 bits per heavy atom. The first-order chi connectivity index (χ1) is 7.77. The van der Waals surface area contributed by atoms with Gasteiger partial charge in [-0.2, -0.15) is 13.2 Å². The molecule has 17 heavy (non-hydrogen) atoms. The van der Waals surface area contributed by atoms with E-state index in [4.69, 9.17) is 16.8 Å². The van der Waals surface area contributed by atoms with Crippen molar-refractivity contribution in [1.82, 2.24) is 0 Å². The largest absolute Gasteiger partial charge is 0.416 e. The third-order valence-electron chi connectivity index (χ3n) is 1.83. The second kappa shape index (κ2) is 4.58. The number of nitro groups is 1. The van der Waals surface area contributed by atoms with Crippen LogP contribution in [0.3, 0.4) is 0 Å². The average molecular weight is 269 g/mol. The lowest BCUT2D eigenvalue weighted by Crippen LogP contribution is -2.08. The van der Waals surface area contributed by atoms with E-state index in [1.807, 2.05) is 0 Å². The first-order valence-electron chi connectivity index (χ1n) is 4.01. The van der Waals surface area contributed by atoms with Gasteiger partial charge < -0.3 is 5.21 Å². The molecule has 0 heterocycles. The molecule has 0 saturated carbocycles. The fraction of sp³-hybridized carbons (Fsp3) is 0.125. The number of halogens is 4. The Labute approximate surface area is 97.3 Å². The second-order valence-electron chi connectivity index (χ2n) is 2.88. The maximum atomic E-state index is 12.3. The number of benzene rings is 1. The summed E-state index contributed by atoms with van der Waals surface area (Å²) >= 11 is 5.32. The summed E-state index contributed by atoms with van der Waals surface area (Å²) in [6.07, 6.45) is -4.70. The first kappa shape index (κ1) is 13.2. The Balaban J connectivity index is 3.43. The zero-order valence-corrected chi connectivity index (χ0v) is 8.66. The summed E-state index contributed by atoms with van der Waals surface area (Å²) < 4.78 is 36.9. The number of rotatable bonds is 2. The van der Waals surface area contributed by atoms with Gasteiger partial charge >= 0.3 is 6.18 Å². The van der Waals surface area contributed by atoms with E-state index >= 15 is 0 Å². The van der Waals surface area contributed by atoms with E-state index < -0.39 is 33.1 Å². The maximum Gasteiger partial charge on any atom is 0.416 e. The molecule has 1 aromatic rings. The number of alkyl halides is 3. The molecule has 92 valence electrons. The van der Waals surface area contributed by atoms with Crippen LogP contribution in [-0.4, -0.2) is 15.3 Å². The van der Waals surface area contributed by atoms with Crippen LogP contribution in [0.5, 0.6) is 0 Å². The number of hydrogen-bond donors (Lipinski definition) is 1. The first-order valence-corrected chi connectivity index (χ1v) is 4.38. The fourth-order valence-corrected chi connectivity index (χ4v) is 1.25. The van der Waals surface area contributed by atoms with E-state index in [2.05, 4.69) is 5.16 Å². The minimum absolute atomic E-state index is 0.322. The number of nitro benzene ring substituents is 1. The summed E-state index contributed by atoms with van der Waals surface area (Å²) in [5, 5.41) is 20.7. The molecule has 0 saturated heterocycles. The van der Waals surface area contributed by atoms with Crippen molar-refractivity contribution in [3.63, 3.8) is 0 Å². The molecule has 0 atom stereocenters. The Kier molecular flexibility index (Phi) is 3.56. The molecule has 0 unspecified atom stereocenters. The van der Waals surface area contributed by atoms with Crippen molar-refractivity contribution in [2.45, 2.75) is 6.18 Å². The molecule has 0 bridgehead atoms. The molecule has 0 spiro atoms. The predicted octanol–water partition coefficient (Wildman–Crippen LogP) is 2.99. The van der Waals surface area contributed by atoms with Gasteiger partial charge in [-0.15, -0.1) is 0 Å². The highest BCUT2D eigenvalue weighted by atomic mass is 35.5. The molecule has 0 aromatic heterocycles. The highest BCUT2D eigenvalue weighted by molar-refractivity contribution is 6.69. The van der Waals surface area contributed by atoms with Crippen LogP contribution < -0.4 is 0 Å². The van der Waals surface area contributed by atoms with E-state index in [1.165, 1.54) is 0 Å². The van der Waals surface area contributed by atoms with Crippen LogP contribution in [0.2, 0.25) is 0 Å². The Morgan fingerprint density at radius 3 is 2.47 bits per heavy atom. The average Bonchev–Trinajstić information content (AvgIpc) is 2.25. The standard InChI is InChI=1S/C8H4ClF3N2O3/c9-7(13-15)5-2-1-4(8(10,11)12)3-6(5)14(16)17/h1-3,15H. The maximum absolute atomic E-state index is 12.3. The molecule has 1 aromatic carbocycles. The molecule has 0 aliphatic carbocycles. The number of oxime groups is 1. The number of nitrogens with zero attached hydrogens (tertiary/aromatic N) is 2. The van der Waals surface area contributed by atoms with Crippen molar-refractivity contribution in [3.8, 4) is 0 Å². The molecular formula is C8H4ClF3N2O3. The highest BCUT2D eigenvalue weighted by Crippen LogP contribution is 2.33. The van der Waals surface area contributed by atoms with Crippen LogP contribution >= 0.6 is 11.6 Å². The summed E-state index contributed by atoms with van der Waals surface area (Å²) in [6, 6.07) is 1.70. The van der Waals surface area contributed by atoms with Gasteiger partial charge in [-0.25, -0.2) is 0 Å². The van der Waals surface area contributed by atoms with Gasteiger partial charge in [0.25, 0.3) is 5.69 Å². The SMILES string of the molecule is O=[N+]([O-])c1cc(C(F)(F)F)ccc1C(Cl)=NO. The topological polar surface area (TPSA) is 75.7 Å². The van der Waals surface area contributed by atoms with Gasteiger partial charge in [0.1, 0.15) is 0 Å². The highest BCUT2D eigenvalue weighted by Gasteiger charge is 2.33. The van der Waals surface area contributed by atoms with Crippen molar-refractivity contribution < 1.29 is 23.3 Å². The van der Waals surface area contributed by atoms with Gasteiger partial charge in [0.2, 0.25) is 0 Å². The fourth-order valence-electron chi connectivity index (χ4n) is 1.09. The lowest BCUT2D eigenvalue weighted by Gasteiger charge is -2.07. The Morgan fingerprint density at radius 2 is 2.06 bits per heavy atom. The van der Waals surface area contributed by atoms with Crippen molar-refractivity contribution in [2.24, 2.45) is 5.16 Å². The van der Waals surface area contributed by atoms with E-state index in [0.29, 0.717) is 12.1 Å². The smallest absolute Gasteiger partial charge is 0.410 e. The van der Waals surface area contributed by atoms with Crippen LogP contribution in [0.15, 0.2) is 23.4 Å². The van der Waals surface area contributed by atoms with Crippen molar-refractivity contribution in [1.29, 1.82) is 0 Å². The Bertz CT molecular complexity index is 487. The van der Waals surface area contributed by atoms with Crippen LogP contribution in [0.4, 0.5) is 18.9 Å². The van der Waals surface area contributed by atoms with Crippen molar-refractivity contribution >= 4 is 22.5 Å². The summed E-state index contributed by atoms with van der Waals surface area (Å²) in [7, 11) is 0. The molecule has 0 aliphatic heterocycles. The van der Waals surface area contributed by atoms with E-state index in [-0.39, 0.29) is 0 Å². The normalized spacial score (nSPS) is 12.6.